The second kappa shape index (κ2) is 9.63. The van der Waals surface area contributed by atoms with E-state index < -0.39 is 0 Å². The second-order valence-electron chi connectivity index (χ2n) is 8.80. The Kier molecular flexibility index (Phi) is 7.42. The van der Waals surface area contributed by atoms with Gasteiger partial charge >= 0.3 is 0 Å². The lowest BCUT2D eigenvalue weighted by Gasteiger charge is -2.46. The zero-order chi connectivity index (χ0) is 20.9. The van der Waals surface area contributed by atoms with Crippen LogP contribution in [0.2, 0.25) is 5.02 Å². The smallest absolute Gasteiger partial charge is 0.222 e. The van der Waals surface area contributed by atoms with Crippen molar-refractivity contribution in [3.8, 4) is 0 Å². The van der Waals surface area contributed by atoms with Gasteiger partial charge < -0.3 is 9.64 Å². The van der Waals surface area contributed by atoms with Crippen LogP contribution in [-0.2, 0) is 22.5 Å². The number of ether oxygens (including phenoxy) is 1. The number of benzene rings is 1. The topological polar surface area (TPSA) is 29.5 Å². The first-order chi connectivity index (χ1) is 13.8. The van der Waals surface area contributed by atoms with Gasteiger partial charge in [-0.2, -0.15) is 0 Å². The Balaban J connectivity index is 1.80. The number of amides is 1. The summed E-state index contributed by atoms with van der Waals surface area (Å²) in [7, 11) is 0. The van der Waals surface area contributed by atoms with Crippen molar-refractivity contribution in [2.24, 2.45) is 5.41 Å². The number of rotatable bonds is 8. The van der Waals surface area contributed by atoms with Crippen LogP contribution in [0.3, 0.4) is 0 Å². The second-order valence-corrected chi connectivity index (χ2v) is 10.2. The van der Waals surface area contributed by atoms with Crippen molar-refractivity contribution in [1.82, 2.24) is 4.90 Å². The fraction of sp³-hybridized carbons (Fsp3) is 0.542. The molecule has 1 aliphatic heterocycles. The van der Waals surface area contributed by atoms with Crippen LogP contribution in [0.5, 0.6) is 0 Å². The van der Waals surface area contributed by atoms with Gasteiger partial charge in [0.25, 0.3) is 0 Å². The molecule has 0 spiro atoms. The highest BCUT2D eigenvalue weighted by molar-refractivity contribution is 7.09. The maximum absolute atomic E-state index is 12.6. The molecule has 1 unspecified atom stereocenters. The minimum atomic E-state index is -0.160. The Hall–Kier alpha value is -1.36. The van der Waals surface area contributed by atoms with Crippen molar-refractivity contribution in [1.29, 1.82) is 0 Å². The zero-order valence-corrected chi connectivity index (χ0v) is 19.3. The maximum atomic E-state index is 12.6. The average Bonchev–Trinajstić information content (AvgIpc) is 3.19. The number of carbonyl (C=O) groups excluding carboxylic acids is 1. The Morgan fingerprint density at radius 2 is 2.03 bits per heavy atom. The van der Waals surface area contributed by atoms with Gasteiger partial charge in [-0.15, -0.1) is 11.3 Å². The molecule has 1 aromatic carbocycles. The van der Waals surface area contributed by atoms with Crippen molar-refractivity contribution in [2.45, 2.75) is 65.0 Å². The number of thiophene rings is 1. The van der Waals surface area contributed by atoms with Gasteiger partial charge in [0.1, 0.15) is 0 Å². The van der Waals surface area contributed by atoms with Gasteiger partial charge in [-0.1, -0.05) is 42.8 Å². The third-order valence-electron chi connectivity index (χ3n) is 5.94. The van der Waals surface area contributed by atoms with Crippen LogP contribution in [0.15, 0.2) is 41.8 Å². The molecular formula is C24H32ClNO2S. The monoisotopic (exact) mass is 433 g/mol. The molecule has 1 aliphatic rings. The number of nitrogens with zero attached hydrogens (tertiary/aromatic N) is 1. The lowest BCUT2D eigenvalue weighted by molar-refractivity contribution is -0.133. The van der Waals surface area contributed by atoms with Crippen LogP contribution in [0, 0.1) is 5.41 Å². The normalized spacial score (nSPS) is 21.1. The van der Waals surface area contributed by atoms with Crippen molar-refractivity contribution in [3.63, 3.8) is 0 Å². The average molecular weight is 434 g/mol. The van der Waals surface area contributed by atoms with Gasteiger partial charge in [-0.3, -0.25) is 4.79 Å². The molecule has 2 heterocycles. The highest BCUT2D eigenvalue weighted by Gasteiger charge is 2.41. The van der Waals surface area contributed by atoms with Crippen molar-refractivity contribution >= 4 is 28.8 Å². The van der Waals surface area contributed by atoms with E-state index in [1.807, 2.05) is 24.0 Å². The molecule has 5 heteroatoms. The van der Waals surface area contributed by atoms with Gasteiger partial charge in [-0.05, 0) is 68.0 Å². The summed E-state index contributed by atoms with van der Waals surface area (Å²) in [6.07, 6.45) is 4.39. The van der Waals surface area contributed by atoms with Crippen LogP contribution < -0.4 is 0 Å². The Morgan fingerprint density at radius 1 is 1.24 bits per heavy atom. The third kappa shape index (κ3) is 6.07. The number of carbonyl (C=O) groups is 1. The van der Waals surface area contributed by atoms with Crippen LogP contribution in [0.1, 0.15) is 56.9 Å². The van der Waals surface area contributed by atoms with Crippen LogP contribution in [-0.4, -0.2) is 29.6 Å². The van der Waals surface area contributed by atoms with Gasteiger partial charge in [0.2, 0.25) is 5.91 Å². The SMILES string of the molecule is CCC(=O)N(CCC1(Cc2ccccc2Cl)CCOC(C)(C)C1)Cc1cccs1. The van der Waals surface area contributed by atoms with Crippen LogP contribution in [0.4, 0.5) is 0 Å². The van der Waals surface area contributed by atoms with Gasteiger partial charge in [0.05, 0.1) is 12.1 Å². The molecule has 3 rings (SSSR count). The number of hydrogen-bond acceptors (Lipinski definition) is 3. The molecule has 1 saturated heterocycles. The van der Waals surface area contributed by atoms with E-state index in [1.54, 1.807) is 11.3 Å². The summed E-state index contributed by atoms with van der Waals surface area (Å²) in [5.74, 6) is 0.220. The first-order valence-corrected chi connectivity index (χ1v) is 11.8. The van der Waals surface area contributed by atoms with E-state index in [4.69, 9.17) is 16.3 Å². The Labute approximate surface area is 184 Å². The predicted octanol–water partition coefficient (Wildman–Crippen LogP) is 6.35. The summed E-state index contributed by atoms with van der Waals surface area (Å²) in [4.78, 5) is 15.9. The highest BCUT2D eigenvalue weighted by atomic mass is 35.5. The molecular weight excluding hydrogens is 402 g/mol. The van der Waals surface area contributed by atoms with E-state index in [1.165, 1.54) is 10.4 Å². The van der Waals surface area contributed by atoms with E-state index in [2.05, 4.69) is 43.5 Å². The summed E-state index contributed by atoms with van der Waals surface area (Å²) in [6.45, 7) is 8.52. The van der Waals surface area contributed by atoms with Crippen molar-refractivity contribution in [2.75, 3.05) is 13.2 Å². The van der Waals surface area contributed by atoms with Crippen LogP contribution >= 0.6 is 22.9 Å². The van der Waals surface area contributed by atoms with Gasteiger partial charge in [-0.25, -0.2) is 0 Å². The summed E-state index contributed by atoms with van der Waals surface area (Å²) in [5.41, 5.74) is 1.11. The molecule has 0 saturated carbocycles. The maximum Gasteiger partial charge on any atom is 0.222 e. The van der Waals surface area contributed by atoms with E-state index in [0.717, 1.165) is 43.9 Å². The van der Waals surface area contributed by atoms with Gasteiger partial charge in [0, 0.05) is 29.5 Å². The molecule has 158 valence electrons. The molecule has 0 bridgehead atoms. The molecule has 0 N–H and O–H groups in total. The quantitative estimate of drug-likeness (QED) is 0.485. The van der Waals surface area contributed by atoms with E-state index in [0.29, 0.717) is 13.0 Å². The van der Waals surface area contributed by atoms with Crippen LogP contribution in [0.25, 0.3) is 0 Å². The van der Waals surface area contributed by atoms with E-state index in [9.17, 15) is 4.79 Å². The first kappa shape index (κ1) is 22.3. The molecule has 1 fully saturated rings. The third-order valence-corrected chi connectivity index (χ3v) is 7.17. The highest BCUT2D eigenvalue weighted by Crippen LogP contribution is 2.45. The Bertz CT molecular complexity index is 805. The Morgan fingerprint density at radius 3 is 2.69 bits per heavy atom. The summed E-state index contributed by atoms with van der Waals surface area (Å²) >= 11 is 8.23. The van der Waals surface area contributed by atoms with E-state index >= 15 is 0 Å². The molecule has 1 amide bonds. The van der Waals surface area contributed by atoms with E-state index in [-0.39, 0.29) is 16.9 Å². The molecule has 1 aromatic heterocycles. The molecule has 0 radical (unpaired) electrons. The molecule has 29 heavy (non-hydrogen) atoms. The summed E-state index contributed by atoms with van der Waals surface area (Å²) < 4.78 is 6.04. The molecule has 2 aromatic rings. The minimum Gasteiger partial charge on any atom is -0.376 e. The lowest BCUT2D eigenvalue weighted by atomic mass is 9.68. The first-order valence-electron chi connectivity index (χ1n) is 10.5. The van der Waals surface area contributed by atoms with Crippen molar-refractivity contribution < 1.29 is 9.53 Å². The number of halogens is 1. The largest absolute Gasteiger partial charge is 0.376 e. The molecule has 1 atom stereocenters. The summed E-state index contributed by atoms with van der Waals surface area (Å²) in [5, 5.41) is 2.90. The fourth-order valence-electron chi connectivity index (χ4n) is 4.56. The van der Waals surface area contributed by atoms with Gasteiger partial charge in [0.15, 0.2) is 0 Å². The number of hydrogen-bond donors (Lipinski definition) is 0. The predicted molar refractivity (Wildman–Crippen MR) is 121 cm³/mol. The molecule has 3 nitrogen and oxygen atoms in total. The molecule has 0 aliphatic carbocycles. The van der Waals surface area contributed by atoms with Crippen molar-refractivity contribution in [3.05, 3.63) is 57.2 Å². The summed E-state index contributed by atoms with van der Waals surface area (Å²) in [6, 6.07) is 12.3. The minimum absolute atomic E-state index is 0.0778. The zero-order valence-electron chi connectivity index (χ0n) is 17.7. The lowest BCUT2D eigenvalue weighted by Crippen LogP contribution is -2.44. The fourth-order valence-corrected chi connectivity index (χ4v) is 5.49. The standard InChI is InChI=1S/C24H32ClNO2S/c1-4-22(27)26(17-20-9-7-15-29-20)13-11-24(12-14-28-23(2,3)18-24)16-19-8-5-6-10-21(19)25/h5-10,15H,4,11-14,16-18H2,1-3H3.